The summed E-state index contributed by atoms with van der Waals surface area (Å²) in [6.07, 6.45) is 8.77. The molecule has 0 radical (unpaired) electrons. The number of hydrogen-bond donors (Lipinski definition) is 3. The average molecular weight is 395 g/mol. The molecule has 2 heterocycles. The van der Waals surface area contributed by atoms with Crippen molar-refractivity contribution in [3.05, 3.63) is 46.8 Å². The number of hydrogen-bond acceptors (Lipinski definition) is 6. The molecule has 3 unspecified atom stereocenters. The molecule has 3 atom stereocenters. The van der Waals surface area contributed by atoms with Gasteiger partial charge in [-0.25, -0.2) is 0 Å². The molecular weight excluding hydrogens is 375 g/mol. The van der Waals surface area contributed by atoms with Gasteiger partial charge in [0, 0.05) is 12.7 Å². The van der Waals surface area contributed by atoms with E-state index in [1.807, 2.05) is 0 Å². The number of nitrogens with one attached hydrogen (secondary N) is 2. The molecule has 0 saturated carbocycles. The predicted octanol–water partition coefficient (Wildman–Crippen LogP) is 1.69. The van der Waals surface area contributed by atoms with Crippen LogP contribution in [0.15, 0.2) is 46.8 Å². The number of allylic oxidation sites excluding steroid dienone is 2. The maximum absolute atomic E-state index is 11.5. The number of aliphatic hydroxyl groups is 1. The van der Waals surface area contributed by atoms with Crippen LogP contribution in [0.2, 0.25) is 0 Å². The van der Waals surface area contributed by atoms with Gasteiger partial charge in [-0.1, -0.05) is 35.4 Å². The van der Waals surface area contributed by atoms with Crippen LogP contribution in [0.5, 0.6) is 0 Å². The molecule has 2 aliphatic heterocycles. The zero-order valence-electron chi connectivity index (χ0n) is 13.1. The van der Waals surface area contributed by atoms with Gasteiger partial charge >= 0.3 is 0 Å². The van der Waals surface area contributed by atoms with Crippen LogP contribution in [0.25, 0.3) is 0 Å². The lowest BCUT2D eigenvalue weighted by Crippen LogP contribution is -2.29. The van der Waals surface area contributed by atoms with Crippen LogP contribution in [-0.2, 0) is 14.3 Å². The number of dihydropyridines is 2. The molecule has 9 heteroatoms. The predicted molar refractivity (Wildman–Crippen MR) is 95.0 cm³/mol. The van der Waals surface area contributed by atoms with Gasteiger partial charge in [0.25, 0.3) is 10.1 Å². The van der Waals surface area contributed by atoms with Crippen molar-refractivity contribution < 1.29 is 17.7 Å². The molecule has 134 valence electrons. The van der Waals surface area contributed by atoms with E-state index in [4.69, 9.17) is 27.4 Å². The number of halogens is 2. The zero-order valence-corrected chi connectivity index (χ0v) is 15.4. The topological polar surface area (TPSA) is 87.7 Å². The largest absolute Gasteiger partial charge is 0.388 e. The maximum Gasteiger partial charge on any atom is 0.264 e. The Balaban J connectivity index is 2.02. The summed E-state index contributed by atoms with van der Waals surface area (Å²) in [4.78, 5) is 0. The second-order valence-electron chi connectivity index (χ2n) is 5.56. The molecule has 0 fully saturated rings. The van der Waals surface area contributed by atoms with Gasteiger partial charge in [-0.15, -0.1) is 0 Å². The van der Waals surface area contributed by atoms with Crippen molar-refractivity contribution in [3.63, 3.8) is 0 Å². The highest BCUT2D eigenvalue weighted by molar-refractivity contribution is 7.86. The summed E-state index contributed by atoms with van der Waals surface area (Å²) in [5.74, 6) is 0. The van der Waals surface area contributed by atoms with Gasteiger partial charge in [0.15, 0.2) is 0 Å². The normalized spacial score (nSPS) is 23.3. The Morgan fingerprint density at radius 3 is 2.71 bits per heavy atom. The molecule has 0 aromatic heterocycles. The average Bonchev–Trinajstić information content (AvgIpc) is 2.51. The SMILES string of the molecule is CS(=O)(=O)OC(CCC(O)C1=CNC(Cl)C=C1)C1=CC=C(Cl)NC1. The molecule has 0 saturated heterocycles. The van der Waals surface area contributed by atoms with Gasteiger partial charge in [0.05, 0.1) is 12.4 Å². The molecule has 2 aliphatic rings. The molecule has 0 aliphatic carbocycles. The van der Waals surface area contributed by atoms with Crippen molar-refractivity contribution in [3.8, 4) is 0 Å². The molecule has 2 rings (SSSR count). The summed E-state index contributed by atoms with van der Waals surface area (Å²) >= 11 is 11.7. The van der Waals surface area contributed by atoms with E-state index in [1.54, 1.807) is 30.5 Å². The minimum atomic E-state index is -3.63. The van der Waals surface area contributed by atoms with E-state index in [-0.39, 0.29) is 5.50 Å². The van der Waals surface area contributed by atoms with E-state index < -0.39 is 22.3 Å². The second kappa shape index (κ2) is 8.40. The van der Waals surface area contributed by atoms with Gasteiger partial charge in [0.2, 0.25) is 0 Å². The van der Waals surface area contributed by atoms with Gasteiger partial charge in [-0.2, -0.15) is 8.42 Å². The zero-order chi connectivity index (χ0) is 17.7. The third-order valence-corrected chi connectivity index (χ3v) is 4.68. The Morgan fingerprint density at radius 1 is 1.42 bits per heavy atom. The monoisotopic (exact) mass is 394 g/mol. The minimum absolute atomic E-state index is 0.294. The summed E-state index contributed by atoms with van der Waals surface area (Å²) < 4.78 is 28.2. The Hall–Kier alpha value is -0.990. The first kappa shape index (κ1) is 19.3. The van der Waals surface area contributed by atoms with Crippen molar-refractivity contribution in [2.45, 2.75) is 30.6 Å². The summed E-state index contributed by atoms with van der Waals surface area (Å²) in [6, 6.07) is 0. The summed E-state index contributed by atoms with van der Waals surface area (Å²) in [7, 11) is -3.63. The third kappa shape index (κ3) is 6.14. The maximum atomic E-state index is 11.5. The highest BCUT2D eigenvalue weighted by Crippen LogP contribution is 2.22. The molecule has 0 bridgehead atoms. The first-order valence-corrected chi connectivity index (χ1v) is 10.0. The van der Waals surface area contributed by atoms with Gasteiger partial charge in [-0.3, -0.25) is 4.18 Å². The van der Waals surface area contributed by atoms with Gasteiger partial charge in [0.1, 0.15) is 16.8 Å². The first-order chi connectivity index (χ1) is 11.2. The second-order valence-corrected chi connectivity index (χ2v) is 8.04. The Kier molecular flexibility index (Phi) is 6.77. The molecular formula is C15H20Cl2N2O4S. The van der Waals surface area contributed by atoms with Crippen molar-refractivity contribution in [2.75, 3.05) is 12.8 Å². The van der Waals surface area contributed by atoms with Crippen LogP contribution in [0.3, 0.4) is 0 Å². The molecule has 0 aromatic carbocycles. The fraction of sp³-hybridized carbons (Fsp3) is 0.467. The standard InChI is InChI=1S/C15H20Cl2N2O4S/c1-24(21,22)23-13(11-3-7-15(17)19-9-11)5-4-12(20)10-2-6-14(16)18-8-10/h2-3,6-8,12-14,18-20H,4-5,9H2,1H3. The highest BCUT2D eigenvalue weighted by Gasteiger charge is 2.23. The van der Waals surface area contributed by atoms with Crippen molar-refractivity contribution in [2.24, 2.45) is 0 Å². The van der Waals surface area contributed by atoms with Crippen LogP contribution in [0.1, 0.15) is 12.8 Å². The van der Waals surface area contributed by atoms with E-state index in [0.29, 0.717) is 30.1 Å². The highest BCUT2D eigenvalue weighted by atomic mass is 35.5. The number of alkyl halides is 1. The van der Waals surface area contributed by atoms with E-state index in [2.05, 4.69) is 10.6 Å². The molecule has 24 heavy (non-hydrogen) atoms. The van der Waals surface area contributed by atoms with E-state index in [0.717, 1.165) is 11.8 Å². The van der Waals surface area contributed by atoms with Crippen molar-refractivity contribution >= 4 is 33.3 Å². The summed E-state index contributed by atoms with van der Waals surface area (Å²) in [6.45, 7) is 0.393. The summed E-state index contributed by atoms with van der Waals surface area (Å²) in [5.41, 5.74) is 1.14. The molecule has 0 amide bonds. The fourth-order valence-corrected chi connectivity index (χ4v) is 3.28. The van der Waals surface area contributed by atoms with E-state index in [1.165, 1.54) is 0 Å². The smallest absolute Gasteiger partial charge is 0.264 e. The van der Waals surface area contributed by atoms with Crippen LogP contribution in [-0.4, -0.2) is 44.0 Å². The Morgan fingerprint density at radius 2 is 2.17 bits per heavy atom. The van der Waals surface area contributed by atoms with Crippen LogP contribution in [0.4, 0.5) is 0 Å². The number of aliphatic hydroxyl groups excluding tert-OH is 1. The third-order valence-electron chi connectivity index (χ3n) is 3.56. The van der Waals surface area contributed by atoms with Crippen molar-refractivity contribution in [1.82, 2.24) is 10.6 Å². The van der Waals surface area contributed by atoms with Crippen LogP contribution >= 0.6 is 23.2 Å². The molecule has 0 spiro atoms. The fourth-order valence-electron chi connectivity index (χ4n) is 2.37. The van der Waals surface area contributed by atoms with E-state index >= 15 is 0 Å². The van der Waals surface area contributed by atoms with Gasteiger partial charge in [-0.05, 0) is 36.1 Å². The molecule has 0 aromatic rings. The van der Waals surface area contributed by atoms with Gasteiger partial charge < -0.3 is 15.7 Å². The lowest BCUT2D eigenvalue weighted by Gasteiger charge is -2.24. The lowest BCUT2D eigenvalue weighted by molar-refractivity contribution is 0.166. The Bertz CT molecular complexity index is 686. The quantitative estimate of drug-likeness (QED) is 0.346. The Labute approximate surface area is 152 Å². The lowest BCUT2D eigenvalue weighted by atomic mass is 9.98. The number of rotatable bonds is 7. The molecule has 6 nitrogen and oxygen atoms in total. The molecule has 3 N–H and O–H groups in total. The summed E-state index contributed by atoms with van der Waals surface area (Å²) in [5, 5.41) is 16.6. The van der Waals surface area contributed by atoms with Crippen molar-refractivity contribution in [1.29, 1.82) is 0 Å². The van der Waals surface area contributed by atoms with Crippen LogP contribution in [0, 0.1) is 0 Å². The van der Waals surface area contributed by atoms with Crippen LogP contribution < -0.4 is 10.6 Å². The first-order valence-electron chi connectivity index (χ1n) is 7.39. The van der Waals surface area contributed by atoms with E-state index in [9.17, 15) is 13.5 Å². The minimum Gasteiger partial charge on any atom is -0.388 e.